The molecular weight excluding hydrogens is 370 g/mol. The van der Waals surface area contributed by atoms with Gasteiger partial charge in [0.15, 0.2) is 5.65 Å². The average Bonchev–Trinajstić information content (AvgIpc) is 2.91. The second-order valence-corrected chi connectivity index (χ2v) is 6.72. The van der Waals surface area contributed by atoms with Crippen LogP contribution in [0.5, 0.6) is 0 Å². The highest BCUT2D eigenvalue weighted by Gasteiger charge is 2.25. The molecule has 0 spiro atoms. The molecule has 0 bridgehead atoms. The van der Waals surface area contributed by atoms with Crippen molar-refractivity contribution in [3.05, 3.63) is 46.8 Å². The van der Waals surface area contributed by atoms with Gasteiger partial charge in [0.1, 0.15) is 16.7 Å². The van der Waals surface area contributed by atoms with E-state index < -0.39 is 0 Å². The summed E-state index contributed by atoms with van der Waals surface area (Å²) in [5, 5.41) is 8.86. The molecule has 2 atom stereocenters. The summed E-state index contributed by atoms with van der Waals surface area (Å²) in [4.78, 5) is 8.74. The Morgan fingerprint density at radius 1 is 1.25 bits per heavy atom. The number of benzene rings is 1. The fourth-order valence-corrected chi connectivity index (χ4v) is 3.77. The van der Waals surface area contributed by atoms with Gasteiger partial charge in [0, 0.05) is 19.7 Å². The lowest BCUT2D eigenvalue weighted by atomic mass is 9.97. The topological polar surface area (TPSA) is 64.9 Å². The van der Waals surface area contributed by atoms with Crippen LogP contribution in [0, 0.1) is 0 Å². The Morgan fingerprint density at radius 2 is 2.08 bits per heavy atom. The minimum atomic E-state index is 0.118. The largest absolute Gasteiger partial charge is 0.373 e. The molecule has 1 aliphatic rings. The number of fused-ring (bicyclic) bond motifs is 1. The second kappa shape index (κ2) is 6.49. The van der Waals surface area contributed by atoms with Gasteiger partial charge in [0.05, 0.1) is 11.5 Å². The van der Waals surface area contributed by atoms with E-state index in [0.29, 0.717) is 6.04 Å². The summed E-state index contributed by atoms with van der Waals surface area (Å²) < 4.78 is 8.46. The maximum Gasteiger partial charge on any atom is 0.164 e. The molecule has 0 aliphatic carbocycles. The number of nitrogens with zero attached hydrogens (tertiary/aromatic N) is 4. The van der Waals surface area contributed by atoms with Crippen LogP contribution in [0.15, 0.2) is 41.3 Å². The molecule has 0 amide bonds. The van der Waals surface area contributed by atoms with Crippen LogP contribution in [0.2, 0.25) is 0 Å². The van der Waals surface area contributed by atoms with Gasteiger partial charge >= 0.3 is 0 Å². The van der Waals surface area contributed by atoms with Crippen molar-refractivity contribution in [3.8, 4) is 0 Å². The summed E-state index contributed by atoms with van der Waals surface area (Å²) in [6.45, 7) is 0.736. The minimum absolute atomic E-state index is 0.118. The van der Waals surface area contributed by atoms with E-state index in [-0.39, 0.29) is 6.10 Å². The number of halogens is 1. The van der Waals surface area contributed by atoms with Crippen molar-refractivity contribution in [2.45, 2.75) is 25.0 Å². The molecule has 7 heteroatoms. The first-order valence-electron chi connectivity index (χ1n) is 7.98. The number of nitrogens with one attached hydrogen (secondary N) is 1. The van der Waals surface area contributed by atoms with Gasteiger partial charge in [-0.25, -0.2) is 14.6 Å². The number of aromatic nitrogens is 4. The van der Waals surface area contributed by atoms with Crippen LogP contribution in [-0.4, -0.2) is 32.4 Å². The first kappa shape index (κ1) is 15.5. The molecule has 3 heterocycles. The number of anilines is 1. The molecule has 6 nitrogen and oxygen atoms in total. The Labute approximate surface area is 148 Å². The Hall–Kier alpha value is -1.99. The molecular formula is C17H18BrN5O. The summed E-state index contributed by atoms with van der Waals surface area (Å²) in [6.07, 6.45) is 3.56. The third-order valence-corrected chi connectivity index (χ3v) is 4.93. The lowest BCUT2D eigenvalue weighted by molar-refractivity contribution is 0.00976. The van der Waals surface area contributed by atoms with E-state index >= 15 is 0 Å². The fourth-order valence-electron chi connectivity index (χ4n) is 3.17. The maximum absolute atomic E-state index is 5.95. The van der Waals surface area contributed by atoms with Crippen LogP contribution in [0.4, 0.5) is 5.82 Å². The summed E-state index contributed by atoms with van der Waals surface area (Å²) in [5.41, 5.74) is 2.03. The highest BCUT2D eigenvalue weighted by Crippen LogP contribution is 2.32. The van der Waals surface area contributed by atoms with Crippen molar-refractivity contribution < 1.29 is 4.74 Å². The lowest BCUT2D eigenvalue weighted by Gasteiger charge is -2.30. The van der Waals surface area contributed by atoms with Gasteiger partial charge < -0.3 is 10.1 Å². The first-order chi connectivity index (χ1) is 11.7. The van der Waals surface area contributed by atoms with Crippen molar-refractivity contribution in [1.29, 1.82) is 0 Å². The van der Waals surface area contributed by atoms with E-state index in [9.17, 15) is 0 Å². The third kappa shape index (κ3) is 2.89. The molecule has 1 N–H and O–H groups in total. The van der Waals surface area contributed by atoms with Gasteiger partial charge in [0.25, 0.3) is 0 Å². The van der Waals surface area contributed by atoms with Crippen LogP contribution in [0.3, 0.4) is 0 Å². The van der Waals surface area contributed by atoms with E-state index in [1.165, 1.54) is 5.56 Å². The Kier molecular flexibility index (Phi) is 4.20. The third-order valence-electron chi connectivity index (χ3n) is 4.37. The molecule has 1 aromatic carbocycles. The summed E-state index contributed by atoms with van der Waals surface area (Å²) in [7, 11) is 1.88. The number of ether oxygens (including phenoxy) is 1. The lowest BCUT2D eigenvalue weighted by Crippen LogP contribution is -2.30. The van der Waals surface area contributed by atoms with Crippen LogP contribution in [0.25, 0.3) is 11.0 Å². The van der Waals surface area contributed by atoms with Crippen molar-refractivity contribution in [2.75, 3.05) is 11.9 Å². The number of aryl methyl sites for hydroxylation is 1. The standard InChI is InChI=1S/C17H18BrN5O/c1-23-17-14(15(18)22-23)16(19-10-20-17)21-12-7-8-24-13(9-12)11-5-3-2-4-6-11/h2-6,10,12-13H,7-9H2,1H3,(H,19,20,21). The number of hydrogen-bond acceptors (Lipinski definition) is 5. The maximum atomic E-state index is 5.95. The second-order valence-electron chi connectivity index (χ2n) is 5.97. The Bertz CT molecular complexity index is 851. The molecule has 1 aliphatic heterocycles. The van der Waals surface area contributed by atoms with Gasteiger partial charge in [-0.15, -0.1) is 0 Å². The molecule has 1 saturated heterocycles. The van der Waals surface area contributed by atoms with E-state index in [0.717, 1.165) is 40.9 Å². The van der Waals surface area contributed by atoms with E-state index in [1.54, 1.807) is 11.0 Å². The molecule has 3 aromatic rings. The van der Waals surface area contributed by atoms with Gasteiger partial charge in [-0.2, -0.15) is 5.10 Å². The van der Waals surface area contributed by atoms with Crippen LogP contribution >= 0.6 is 15.9 Å². The van der Waals surface area contributed by atoms with Gasteiger partial charge in [0.2, 0.25) is 0 Å². The summed E-state index contributed by atoms with van der Waals surface area (Å²) in [6, 6.07) is 10.7. The normalized spacial score (nSPS) is 21.1. The predicted molar refractivity (Wildman–Crippen MR) is 95.8 cm³/mol. The van der Waals surface area contributed by atoms with E-state index in [1.807, 2.05) is 13.1 Å². The fraction of sp³-hybridized carbons (Fsp3) is 0.353. The highest BCUT2D eigenvalue weighted by atomic mass is 79.9. The molecule has 2 aromatic heterocycles. The summed E-state index contributed by atoms with van der Waals surface area (Å²) >= 11 is 3.51. The van der Waals surface area contributed by atoms with Crippen LogP contribution < -0.4 is 5.32 Å². The smallest absolute Gasteiger partial charge is 0.164 e. The van der Waals surface area contributed by atoms with Crippen molar-refractivity contribution in [1.82, 2.24) is 19.7 Å². The monoisotopic (exact) mass is 387 g/mol. The summed E-state index contributed by atoms with van der Waals surface area (Å²) in [5.74, 6) is 0.818. The zero-order valence-electron chi connectivity index (χ0n) is 13.3. The van der Waals surface area contributed by atoms with Gasteiger partial charge in [-0.3, -0.25) is 0 Å². The highest BCUT2D eigenvalue weighted by molar-refractivity contribution is 9.10. The number of hydrogen-bond donors (Lipinski definition) is 1. The van der Waals surface area contributed by atoms with Crippen molar-refractivity contribution >= 4 is 32.8 Å². The SMILES string of the molecule is Cn1nc(Br)c2c(NC3CCOC(c4ccccc4)C3)ncnc21. The van der Waals surface area contributed by atoms with Crippen LogP contribution in [0.1, 0.15) is 24.5 Å². The van der Waals surface area contributed by atoms with Gasteiger partial charge in [-0.1, -0.05) is 30.3 Å². The van der Waals surface area contributed by atoms with Crippen molar-refractivity contribution in [2.24, 2.45) is 7.05 Å². The Balaban J connectivity index is 1.57. The minimum Gasteiger partial charge on any atom is -0.373 e. The van der Waals surface area contributed by atoms with Crippen molar-refractivity contribution in [3.63, 3.8) is 0 Å². The molecule has 0 radical (unpaired) electrons. The van der Waals surface area contributed by atoms with Gasteiger partial charge in [-0.05, 0) is 34.3 Å². The molecule has 1 fully saturated rings. The Morgan fingerprint density at radius 3 is 2.92 bits per heavy atom. The van der Waals surface area contributed by atoms with Crippen LogP contribution in [-0.2, 0) is 11.8 Å². The molecule has 4 rings (SSSR count). The first-order valence-corrected chi connectivity index (χ1v) is 8.78. The number of rotatable bonds is 3. The average molecular weight is 388 g/mol. The molecule has 24 heavy (non-hydrogen) atoms. The predicted octanol–water partition coefficient (Wildman–Crippen LogP) is 3.46. The quantitative estimate of drug-likeness (QED) is 0.745. The molecule has 0 saturated carbocycles. The zero-order valence-corrected chi connectivity index (χ0v) is 14.9. The van der Waals surface area contributed by atoms with E-state index in [4.69, 9.17) is 4.74 Å². The molecule has 124 valence electrons. The zero-order chi connectivity index (χ0) is 16.5. The molecule has 2 unspecified atom stereocenters. The van der Waals surface area contributed by atoms with E-state index in [2.05, 4.69) is 60.6 Å².